The molecule has 3 aromatic heterocycles. The van der Waals surface area contributed by atoms with Gasteiger partial charge in [0.25, 0.3) is 11.8 Å². The van der Waals surface area contributed by atoms with Gasteiger partial charge < -0.3 is 15.7 Å². The number of halogens is 3. The molecule has 1 unspecified atom stereocenters. The van der Waals surface area contributed by atoms with Crippen molar-refractivity contribution in [3.05, 3.63) is 47.8 Å². The molecule has 4 rings (SSSR count). The lowest BCUT2D eigenvalue weighted by atomic mass is 10.0. The number of hydrogen-bond acceptors (Lipinski definition) is 6. The highest BCUT2D eigenvalue weighted by atomic mass is 19.3. The number of alkyl halides is 3. The van der Waals surface area contributed by atoms with E-state index in [9.17, 15) is 23.1 Å². The molecular weight excluding hydrogens is 449 g/mol. The van der Waals surface area contributed by atoms with E-state index in [1.54, 1.807) is 28.8 Å². The molecule has 178 valence electrons. The summed E-state index contributed by atoms with van der Waals surface area (Å²) in [6.07, 6.45) is 0.742. The Labute approximate surface area is 193 Å². The molecule has 0 spiro atoms. The summed E-state index contributed by atoms with van der Waals surface area (Å²) in [7, 11) is 0. The van der Waals surface area contributed by atoms with E-state index in [1.807, 2.05) is 6.07 Å². The summed E-state index contributed by atoms with van der Waals surface area (Å²) in [6, 6.07) is 8.70. The molecule has 3 aromatic rings. The largest absolute Gasteiger partial charge is 0.387 e. The van der Waals surface area contributed by atoms with Crippen LogP contribution in [0.3, 0.4) is 0 Å². The molecule has 0 aliphatic heterocycles. The second-order valence-corrected chi connectivity index (χ2v) is 8.90. The van der Waals surface area contributed by atoms with Gasteiger partial charge in [-0.3, -0.25) is 9.78 Å². The SMILES string of the molecule is CC(C)(O)[C@H](F)CNC(=O)c1cnc(-c2ccc3cc(C#N)cnn23)cc1NCC1CC1(F)F. The Hall–Kier alpha value is -3.65. The quantitative estimate of drug-likeness (QED) is 0.464. The zero-order valence-corrected chi connectivity index (χ0v) is 18.5. The minimum atomic E-state index is -2.74. The molecule has 0 aromatic carbocycles. The van der Waals surface area contributed by atoms with Crippen LogP contribution in [0.5, 0.6) is 0 Å². The summed E-state index contributed by atoms with van der Waals surface area (Å²) in [4.78, 5) is 17.1. The molecule has 3 heterocycles. The molecule has 34 heavy (non-hydrogen) atoms. The Kier molecular flexibility index (Phi) is 5.95. The number of carbonyl (C=O) groups is 1. The van der Waals surface area contributed by atoms with Crippen LogP contribution in [-0.2, 0) is 0 Å². The van der Waals surface area contributed by atoms with Crippen LogP contribution >= 0.6 is 0 Å². The van der Waals surface area contributed by atoms with Crippen LogP contribution in [0.4, 0.5) is 18.9 Å². The number of rotatable bonds is 8. The van der Waals surface area contributed by atoms with E-state index >= 15 is 0 Å². The molecule has 3 N–H and O–H groups in total. The van der Waals surface area contributed by atoms with Crippen LogP contribution in [0.25, 0.3) is 16.9 Å². The highest BCUT2D eigenvalue weighted by Crippen LogP contribution is 2.48. The first kappa shape index (κ1) is 23.5. The number of nitrogens with zero attached hydrogens (tertiary/aromatic N) is 4. The summed E-state index contributed by atoms with van der Waals surface area (Å²) in [5.74, 6) is -4.24. The summed E-state index contributed by atoms with van der Waals surface area (Å²) in [6.45, 7) is 2.10. The van der Waals surface area contributed by atoms with E-state index in [0.29, 0.717) is 22.5 Å². The van der Waals surface area contributed by atoms with E-state index in [1.165, 1.54) is 26.2 Å². The Morgan fingerprint density at radius 2 is 2.12 bits per heavy atom. The molecule has 1 saturated carbocycles. The molecule has 11 heteroatoms. The Morgan fingerprint density at radius 3 is 2.76 bits per heavy atom. The Bertz CT molecular complexity index is 1280. The number of hydrogen-bond donors (Lipinski definition) is 3. The molecule has 0 saturated heterocycles. The van der Waals surface area contributed by atoms with Crippen LogP contribution in [0.15, 0.2) is 36.7 Å². The van der Waals surface area contributed by atoms with Crippen molar-refractivity contribution in [2.45, 2.75) is 38.0 Å². The first-order valence-electron chi connectivity index (χ1n) is 10.6. The van der Waals surface area contributed by atoms with Crippen LogP contribution in [0.2, 0.25) is 0 Å². The second-order valence-electron chi connectivity index (χ2n) is 8.90. The molecule has 1 amide bonds. The van der Waals surface area contributed by atoms with Crippen molar-refractivity contribution in [3.63, 3.8) is 0 Å². The predicted molar refractivity (Wildman–Crippen MR) is 118 cm³/mol. The third-order valence-corrected chi connectivity index (χ3v) is 5.74. The summed E-state index contributed by atoms with van der Waals surface area (Å²) in [5, 5.41) is 28.4. The predicted octanol–water partition coefficient (Wildman–Crippen LogP) is 3.17. The van der Waals surface area contributed by atoms with E-state index in [-0.39, 0.29) is 24.2 Å². The molecule has 1 aliphatic rings. The number of aromatic nitrogens is 3. The lowest BCUT2D eigenvalue weighted by Gasteiger charge is -2.22. The average Bonchev–Trinajstić information content (AvgIpc) is 3.20. The fourth-order valence-electron chi connectivity index (χ4n) is 3.43. The van der Waals surface area contributed by atoms with Gasteiger partial charge in [0.2, 0.25) is 0 Å². The van der Waals surface area contributed by atoms with Crippen molar-refractivity contribution < 1.29 is 23.1 Å². The maximum absolute atomic E-state index is 14.1. The number of amides is 1. The Balaban J connectivity index is 1.63. The van der Waals surface area contributed by atoms with Gasteiger partial charge in [0.1, 0.15) is 12.2 Å². The smallest absolute Gasteiger partial charge is 0.255 e. The number of fused-ring (bicyclic) bond motifs is 1. The van der Waals surface area contributed by atoms with Crippen molar-refractivity contribution >= 4 is 17.1 Å². The first-order chi connectivity index (χ1) is 16.0. The van der Waals surface area contributed by atoms with Crippen LogP contribution in [0.1, 0.15) is 36.2 Å². The van der Waals surface area contributed by atoms with Crippen molar-refractivity contribution in [2.24, 2.45) is 5.92 Å². The van der Waals surface area contributed by atoms with Crippen LogP contribution in [0, 0.1) is 17.2 Å². The molecule has 0 bridgehead atoms. The standard InChI is InChI=1S/C23H23F3N6O2/c1-22(2,34)20(24)12-30-21(33)16-11-29-18(6-17(16)28-10-14-7-23(14,25)26)19-4-3-15-5-13(8-27)9-31-32(15)19/h3-6,9,11,14,20,34H,7,10,12H2,1-2H3,(H,28,29)(H,30,33)/t14?,20-/m1/s1. The number of aliphatic hydroxyl groups is 1. The molecule has 1 aliphatic carbocycles. The zero-order chi connectivity index (χ0) is 24.7. The fraction of sp³-hybridized carbons (Fsp3) is 0.391. The normalized spacial score (nSPS) is 17.7. The summed E-state index contributed by atoms with van der Waals surface area (Å²) in [5.41, 5.74) is 0.703. The third kappa shape index (κ3) is 4.82. The zero-order valence-electron chi connectivity index (χ0n) is 18.5. The van der Waals surface area contributed by atoms with Gasteiger partial charge in [0, 0.05) is 25.1 Å². The third-order valence-electron chi connectivity index (χ3n) is 5.74. The molecular formula is C23H23F3N6O2. The van der Waals surface area contributed by atoms with Gasteiger partial charge in [-0.15, -0.1) is 0 Å². The topological polar surface area (TPSA) is 115 Å². The second kappa shape index (κ2) is 8.61. The average molecular weight is 472 g/mol. The fourth-order valence-corrected chi connectivity index (χ4v) is 3.43. The van der Waals surface area contributed by atoms with Gasteiger partial charge >= 0.3 is 0 Å². The van der Waals surface area contributed by atoms with Gasteiger partial charge in [0.05, 0.1) is 52.1 Å². The maximum atomic E-state index is 14.1. The van der Waals surface area contributed by atoms with Gasteiger partial charge in [-0.05, 0) is 38.1 Å². The van der Waals surface area contributed by atoms with Crippen LogP contribution < -0.4 is 10.6 Å². The summed E-state index contributed by atoms with van der Waals surface area (Å²) >= 11 is 0. The number of carbonyl (C=O) groups excluding carboxylic acids is 1. The molecule has 2 atom stereocenters. The highest BCUT2D eigenvalue weighted by molar-refractivity contribution is 6.00. The lowest BCUT2D eigenvalue weighted by molar-refractivity contribution is -0.00177. The number of nitrogens with one attached hydrogen (secondary N) is 2. The minimum Gasteiger partial charge on any atom is -0.387 e. The van der Waals surface area contributed by atoms with E-state index in [4.69, 9.17) is 5.26 Å². The number of anilines is 1. The highest BCUT2D eigenvalue weighted by Gasteiger charge is 2.56. The number of nitriles is 1. The van der Waals surface area contributed by atoms with Crippen LogP contribution in [-0.4, -0.2) is 56.4 Å². The molecule has 1 fully saturated rings. The van der Waals surface area contributed by atoms with Crippen molar-refractivity contribution in [1.29, 1.82) is 5.26 Å². The Morgan fingerprint density at radius 1 is 1.38 bits per heavy atom. The van der Waals surface area contributed by atoms with Gasteiger partial charge in [-0.1, -0.05) is 0 Å². The van der Waals surface area contributed by atoms with Crippen molar-refractivity contribution in [3.8, 4) is 17.5 Å². The van der Waals surface area contributed by atoms with Gasteiger partial charge in [-0.2, -0.15) is 10.4 Å². The van der Waals surface area contributed by atoms with E-state index in [2.05, 4.69) is 20.7 Å². The lowest BCUT2D eigenvalue weighted by Crippen LogP contribution is -2.42. The van der Waals surface area contributed by atoms with Crippen molar-refractivity contribution in [1.82, 2.24) is 19.9 Å². The van der Waals surface area contributed by atoms with Gasteiger partial charge in [0.15, 0.2) is 0 Å². The van der Waals surface area contributed by atoms with Crippen molar-refractivity contribution in [2.75, 3.05) is 18.4 Å². The minimum absolute atomic E-state index is 0.0508. The molecule has 8 nitrogen and oxygen atoms in total. The number of pyridine rings is 1. The molecule has 0 radical (unpaired) electrons. The maximum Gasteiger partial charge on any atom is 0.255 e. The summed E-state index contributed by atoms with van der Waals surface area (Å²) < 4.78 is 42.4. The van der Waals surface area contributed by atoms with Gasteiger partial charge in [-0.25, -0.2) is 17.7 Å². The first-order valence-corrected chi connectivity index (χ1v) is 10.6. The van der Waals surface area contributed by atoms with E-state index in [0.717, 1.165) is 0 Å². The van der Waals surface area contributed by atoms with E-state index < -0.39 is 36.1 Å². The monoisotopic (exact) mass is 472 g/mol.